The number of carboxylic acid groups (broad SMARTS) is 2. The second-order valence-electron chi connectivity index (χ2n) is 5.57. The largest absolute Gasteiger partial charge is 0.481 e. The molecule has 0 aromatic carbocycles. The summed E-state index contributed by atoms with van der Waals surface area (Å²) in [6.45, 7) is 2.55. The zero-order valence-electron chi connectivity index (χ0n) is 14.0. The van der Waals surface area contributed by atoms with Gasteiger partial charge in [-0.2, -0.15) is 0 Å². The van der Waals surface area contributed by atoms with Crippen molar-refractivity contribution >= 4 is 18.0 Å². The molecule has 26 heavy (non-hydrogen) atoms. The quantitative estimate of drug-likeness (QED) is 0.252. The van der Waals surface area contributed by atoms with E-state index in [4.69, 9.17) is 20.4 Å². The Labute approximate surface area is 147 Å². The van der Waals surface area contributed by atoms with E-state index in [1.165, 1.54) is 6.92 Å². The zero-order chi connectivity index (χ0) is 20.0. The highest BCUT2D eigenvalue weighted by Gasteiger charge is 2.29. The van der Waals surface area contributed by atoms with Crippen molar-refractivity contribution in [1.82, 2.24) is 20.8 Å². The van der Waals surface area contributed by atoms with Crippen molar-refractivity contribution in [3.05, 3.63) is 11.8 Å². The molecule has 0 aliphatic rings. The van der Waals surface area contributed by atoms with Gasteiger partial charge in [0.15, 0.2) is 6.04 Å². The van der Waals surface area contributed by atoms with E-state index in [2.05, 4.69) is 15.5 Å². The average molecular weight is 375 g/mol. The summed E-state index contributed by atoms with van der Waals surface area (Å²) in [5.41, 5.74) is 5.63. The lowest BCUT2D eigenvalue weighted by atomic mass is 10.2. The van der Waals surface area contributed by atoms with Gasteiger partial charge >= 0.3 is 18.0 Å². The molecule has 5 atom stereocenters. The number of carbonyl (C=O) groups is 3. The highest BCUT2D eigenvalue weighted by Crippen LogP contribution is 2.19. The molecular weight excluding hydrogens is 354 g/mol. The zero-order valence-corrected chi connectivity index (χ0v) is 14.0. The van der Waals surface area contributed by atoms with E-state index in [1.807, 2.05) is 5.32 Å². The third-order valence-electron chi connectivity index (χ3n) is 3.28. The Hall–Kier alpha value is -2.77. The van der Waals surface area contributed by atoms with Crippen LogP contribution in [0.15, 0.2) is 4.42 Å². The topological polar surface area (TPSA) is 221 Å². The summed E-state index contributed by atoms with van der Waals surface area (Å²) < 4.78 is 5.19. The van der Waals surface area contributed by atoms with Crippen LogP contribution in [0.1, 0.15) is 44.1 Å². The molecule has 1 heterocycles. The number of nitrogens with two attached hydrogens (primary N) is 1. The molecule has 13 heteroatoms. The Morgan fingerprint density at radius 2 is 1.65 bits per heavy atom. The third-order valence-corrected chi connectivity index (χ3v) is 3.28. The van der Waals surface area contributed by atoms with Crippen LogP contribution >= 0.6 is 0 Å². The maximum Gasteiger partial charge on any atom is 0.328 e. The van der Waals surface area contributed by atoms with Gasteiger partial charge in [-0.25, -0.2) is 9.59 Å². The first-order valence-corrected chi connectivity index (χ1v) is 7.49. The van der Waals surface area contributed by atoms with Crippen LogP contribution in [0.2, 0.25) is 0 Å². The van der Waals surface area contributed by atoms with Gasteiger partial charge in [0.1, 0.15) is 12.1 Å². The normalized spacial score (nSPS) is 16.8. The van der Waals surface area contributed by atoms with Gasteiger partial charge in [0, 0.05) is 0 Å². The summed E-state index contributed by atoms with van der Waals surface area (Å²) in [6, 6.07) is -4.98. The number of nitrogens with one attached hydrogen (secondary N) is 2. The van der Waals surface area contributed by atoms with Crippen molar-refractivity contribution < 1.29 is 39.2 Å². The van der Waals surface area contributed by atoms with Gasteiger partial charge in [-0.3, -0.25) is 4.79 Å². The van der Waals surface area contributed by atoms with Gasteiger partial charge in [-0.15, -0.1) is 10.2 Å². The van der Waals surface area contributed by atoms with Crippen molar-refractivity contribution in [3.63, 3.8) is 0 Å². The minimum Gasteiger partial charge on any atom is -0.481 e. The van der Waals surface area contributed by atoms with E-state index in [-0.39, 0.29) is 11.8 Å². The molecule has 13 nitrogen and oxygen atoms in total. The first kappa shape index (κ1) is 21.3. The number of aliphatic carboxylic acids is 2. The highest BCUT2D eigenvalue weighted by atomic mass is 16.4. The molecule has 0 spiro atoms. The smallest absolute Gasteiger partial charge is 0.328 e. The number of rotatable bonds is 9. The van der Waals surface area contributed by atoms with Crippen LogP contribution in [0.25, 0.3) is 0 Å². The number of hydrogen-bond acceptors (Lipinski definition) is 9. The molecule has 0 bridgehead atoms. The first-order valence-electron chi connectivity index (χ1n) is 7.49. The molecule has 0 fully saturated rings. The number of amides is 2. The predicted molar refractivity (Wildman–Crippen MR) is 82.7 cm³/mol. The monoisotopic (exact) mass is 375 g/mol. The molecule has 1 aromatic heterocycles. The van der Waals surface area contributed by atoms with E-state index >= 15 is 0 Å². The Morgan fingerprint density at radius 1 is 1.08 bits per heavy atom. The van der Waals surface area contributed by atoms with Crippen molar-refractivity contribution in [3.8, 4) is 0 Å². The van der Waals surface area contributed by atoms with Crippen LogP contribution in [0.5, 0.6) is 0 Å². The fourth-order valence-corrected chi connectivity index (χ4v) is 1.83. The Balaban J connectivity index is 2.92. The van der Waals surface area contributed by atoms with Crippen LogP contribution < -0.4 is 16.4 Å². The van der Waals surface area contributed by atoms with Crippen molar-refractivity contribution in [2.75, 3.05) is 0 Å². The van der Waals surface area contributed by atoms with E-state index < -0.39 is 54.7 Å². The van der Waals surface area contributed by atoms with Gasteiger partial charge in [0.05, 0.1) is 18.6 Å². The molecule has 8 N–H and O–H groups in total. The summed E-state index contributed by atoms with van der Waals surface area (Å²) in [5, 5.41) is 48.0. The molecular formula is C13H21N5O8. The number of carbonyl (C=O) groups excluding carboxylic acids is 1. The van der Waals surface area contributed by atoms with Gasteiger partial charge in [0.25, 0.3) is 0 Å². The van der Waals surface area contributed by atoms with Crippen LogP contribution in [-0.4, -0.2) is 66.8 Å². The van der Waals surface area contributed by atoms with Gasteiger partial charge in [0.2, 0.25) is 11.8 Å². The van der Waals surface area contributed by atoms with Crippen LogP contribution in [0.3, 0.4) is 0 Å². The minimum absolute atomic E-state index is 0.167. The molecule has 1 aromatic rings. The lowest BCUT2D eigenvalue weighted by molar-refractivity contribution is -0.142. The lowest BCUT2D eigenvalue weighted by Gasteiger charge is -2.19. The average Bonchev–Trinajstić information content (AvgIpc) is 2.99. The van der Waals surface area contributed by atoms with E-state index in [1.54, 1.807) is 0 Å². The van der Waals surface area contributed by atoms with Crippen molar-refractivity contribution in [1.29, 1.82) is 0 Å². The van der Waals surface area contributed by atoms with Gasteiger partial charge in [-0.05, 0) is 13.8 Å². The number of carboxylic acids is 2. The van der Waals surface area contributed by atoms with Crippen molar-refractivity contribution in [2.45, 2.75) is 50.6 Å². The van der Waals surface area contributed by atoms with Gasteiger partial charge < -0.3 is 41.2 Å². The molecule has 0 radical (unpaired) electrons. The summed E-state index contributed by atoms with van der Waals surface area (Å²) in [6.07, 6.45) is -3.05. The molecule has 2 unspecified atom stereocenters. The number of aliphatic hydroxyl groups excluding tert-OH is 2. The Kier molecular flexibility index (Phi) is 7.42. The van der Waals surface area contributed by atoms with Crippen LogP contribution in [0, 0.1) is 0 Å². The highest BCUT2D eigenvalue weighted by molar-refractivity contribution is 5.83. The van der Waals surface area contributed by atoms with Crippen LogP contribution in [-0.2, 0) is 9.59 Å². The third kappa shape index (κ3) is 5.94. The molecule has 2 amide bonds. The standard InChI is InChI=1S/C13H21N5O8/c1-4(19)8(14)11-18-17-10(26-11)6(3-7(21)22)15-13(25)16-9(5(2)20)12(23)24/h4-6,8-9,19-20H,3,14H2,1-2H3,(H,21,22)(H,23,24)(H2,15,16,25)/t4?,5?,6-,8-,9-/m0/s1. The van der Waals surface area contributed by atoms with Gasteiger partial charge in [-0.1, -0.05) is 0 Å². The summed E-state index contributed by atoms with van der Waals surface area (Å²) >= 11 is 0. The summed E-state index contributed by atoms with van der Waals surface area (Å²) in [4.78, 5) is 33.9. The lowest BCUT2D eigenvalue weighted by Crippen LogP contribution is -2.51. The molecule has 146 valence electrons. The van der Waals surface area contributed by atoms with E-state index in [9.17, 15) is 24.6 Å². The van der Waals surface area contributed by atoms with E-state index in [0.717, 1.165) is 6.92 Å². The Bertz CT molecular complexity index is 646. The number of aromatic nitrogens is 2. The van der Waals surface area contributed by atoms with Crippen molar-refractivity contribution in [2.24, 2.45) is 5.73 Å². The second-order valence-corrected chi connectivity index (χ2v) is 5.57. The minimum atomic E-state index is -1.61. The fraction of sp³-hybridized carbons (Fsp3) is 0.615. The number of aliphatic hydroxyl groups is 2. The maximum atomic E-state index is 11.9. The summed E-state index contributed by atoms with van der Waals surface area (Å²) in [7, 11) is 0. The first-order chi connectivity index (χ1) is 12.0. The summed E-state index contributed by atoms with van der Waals surface area (Å²) in [5.74, 6) is -3.24. The maximum absolute atomic E-state index is 11.9. The molecule has 0 aliphatic heterocycles. The Morgan fingerprint density at radius 3 is 2.12 bits per heavy atom. The van der Waals surface area contributed by atoms with Crippen LogP contribution in [0.4, 0.5) is 4.79 Å². The number of nitrogens with zero attached hydrogens (tertiary/aromatic N) is 2. The second kappa shape index (κ2) is 9.07. The fourth-order valence-electron chi connectivity index (χ4n) is 1.83. The molecule has 0 saturated heterocycles. The molecule has 0 aliphatic carbocycles. The predicted octanol–water partition coefficient (Wildman–Crippen LogP) is -1.90. The van der Waals surface area contributed by atoms with E-state index in [0.29, 0.717) is 0 Å². The SMILES string of the molecule is CC(O)[C@H](NC(=O)N[C@@H](CC(=O)O)c1nnc([C@@H](N)C(C)O)o1)C(=O)O. The number of urea groups is 1. The molecule has 0 saturated carbocycles. The number of hydrogen-bond donors (Lipinski definition) is 7. The molecule has 1 rings (SSSR count).